The summed E-state index contributed by atoms with van der Waals surface area (Å²) >= 11 is 0. The second-order valence-corrected chi connectivity index (χ2v) is 8.32. The van der Waals surface area contributed by atoms with E-state index in [4.69, 9.17) is 19.8 Å². The maximum Gasteiger partial charge on any atom is 0.490 e. The van der Waals surface area contributed by atoms with Crippen LogP contribution in [0.25, 0.3) is 0 Å². The van der Waals surface area contributed by atoms with Crippen LogP contribution in [0.3, 0.4) is 0 Å². The minimum absolute atomic E-state index is 0.285. The molecule has 0 unspecified atom stereocenters. The summed E-state index contributed by atoms with van der Waals surface area (Å²) in [5, 5.41) is 14.2. The fourth-order valence-corrected chi connectivity index (χ4v) is 4.33. The molecule has 0 aliphatic carbocycles. The standard InChI is InChI=1S/C17H24N4O.2C2HF3O2/c22-17(19-8-1-2-9-19)21-11-6-15-16(21)5-10-20(15)13-14-4-3-7-18-12-14;2*3-2(4,5)1(6)7/h3-4,7,12,15-16H,1-2,5-6,8-11,13H2;2*(H,6,7)/t15-,16+;;/m0../s1. The first kappa shape index (κ1) is 29.1. The van der Waals surface area contributed by atoms with Crippen LogP contribution in [0.1, 0.15) is 31.2 Å². The van der Waals surface area contributed by atoms with Gasteiger partial charge >= 0.3 is 30.3 Å². The lowest BCUT2D eigenvalue weighted by Gasteiger charge is -2.29. The Labute approximate surface area is 202 Å². The van der Waals surface area contributed by atoms with Crippen molar-refractivity contribution in [2.24, 2.45) is 0 Å². The van der Waals surface area contributed by atoms with Gasteiger partial charge in [-0.2, -0.15) is 26.3 Å². The number of aliphatic carboxylic acids is 2. The molecule has 4 heterocycles. The number of likely N-dealkylation sites (tertiary alicyclic amines) is 3. The predicted octanol–water partition coefficient (Wildman–Crippen LogP) is 3.21. The summed E-state index contributed by atoms with van der Waals surface area (Å²) in [5.41, 5.74) is 1.27. The molecule has 4 rings (SSSR count). The molecule has 0 aromatic carbocycles. The molecule has 9 nitrogen and oxygen atoms in total. The highest BCUT2D eigenvalue weighted by Crippen LogP contribution is 2.33. The van der Waals surface area contributed by atoms with Gasteiger partial charge in [-0.15, -0.1) is 0 Å². The minimum atomic E-state index is -5.08. The third kappa shape index (κ3) is 8.24. The van der Waals surface area contributed by atoms with Crippen molar-refractivity contribution in [3.05, 3.63) is 30.1 Å². The summed E-state index contributed by atoms with van der Waals surface area (Å²) < 4.78 is 63.5. The largest absolute Gasteiger partial charge is 0.490 e. The van der Waals surface area contributed by atoms with Crippen LogP contribution in [0.15, 0.2) is 24.5 Å². The highest BCUT2D eigenvalue weighted by atomic mass is 19.4. The number of carbonyl (C=O) groups is 3. The van der Waals surface area contributed by atoms with Gasteiger partial charge in [-0.25, -0.2) is 14.4 Å². The van der Waals surface area contributed by atoms with E-state index in [0.717, 1.165) is 45.6 Å². The normalized spacial score (nSPS) is 21.7. The zero-order valence-corrected chi connectivity index (χ0v) is 19.0. The van der Waals surface area contributed by atoms with Crippen molar-refractivity contribution >= 4 is 18.0 Å². The number of nitrogens with zero attached hydrogens (tertiary/aromatic N) is 4. The zero-order valence-electron chi connectivity index (χ0n) is 19.0. The van der Waals surface area contributed by atoms with Gasteiger partial charge in [-0.1, -0.05) is 6.07 Å². The van der Waals surface area contributed by atoms with E-state index in [1.807, 2.05) is 23.4 Å². The molecule has 202 valence electrons. The smallest absolute Gasteiger partial charge is 0.475 e. The summed E-state index contributed by atoms with van der Waals surface area (Å²) in [6.07, 6.45) is -1.83. The van der Waals surface area contributed by atoms with Gasteiger partial charge in [0.05, 0.1) is 6.04 Å². The van der Waals surface area contributed by atoms with E-state index >= 15 is 0 Å². The molecule has 3 fully saturated rings. The fraction of sp³-hybridized carbons (Fsp3) is 0.619. The lowest BCUT2D eigenvalue weighted by atomic mass is 10.1. The molecule has 36 heavy (non-hydrogen) atoms. The van der Waals surface area contributed by atoms with Crippen molar-refractivity contribution in [1.29, 1.82) is 0 Å². The second kappa shape index (κ2) is 12.2. The Morgan fingerprint density at radius 3 is 1.89 bits per heavy atom. The molecule has 0 bridgehead atoms. The maximum absolute atomic E-state index is 12.7. The number of rotatable bonds is 2. The lowest BCUT2D eigenvalue weighted by Crippen LogP contribution is -2.45. The molecule has 3 saturated heterocycles. The Balaban J connectivity index is 0.000000271. The molecule has 0 saturated carbocycles. The number of aromatic nitrogens is 1. The van der Waals surface area contributed by atoms with Gasteiger partial charge in [0, 0.05) is 51.2 Å². The molecule has 0 spiro atoms. The topological polar surface area (TPSA) is 114 Å². The van der Waals surface area contributed by atoms with Gasteiger partial charge in [0.25, 0.3) is 0 Å². The molecule has 3 aliphatic heterocycles. The van der Waals surface area contributed by atoms with Gasteiger partial charge in [-0.05, 0) is 37.3 Å². The quantitative estimate of drug-likeness (QED) is 0.567. The Morgan fingerprint density at radius 1 is 0.889 bits per heavy atom. The lowest BCUT2D eigenvalue weighted by molar-refractivity contribution is -0.193. The van der Waals surface area contributed by atoms with Crippen LogP contribution in [0.2, 0.25) is 0 Å². The average molecular weight is 528 g/mol. The van der Waals surface area contributed by atoms with Gasteiger partial charge in [0.15, 0.2) is 0 Å². The second-order valence-electron chi connectivity index (χ2n) is 8.32. The van der Waals surface area contributed by atoms with Gasteiger partial charge in [-0.3, -0.25) is 9.88 Å². The summed E-state index contributed by atoms with van der Waals surface area (Å²) in [5.74, 6) is -5.51. The van der Waals surface area contributed by atoms with Gasteiger partial charge < -0.3 is 20.0 Å². The zero-order chi connectivity index (χ0) is 27.1. The van der Waals surface area contributed by atoms with Gasteiger partial charge in [0.1, 0.15) is 0 Å². The van der Waals surface area contributed by atoms with Crippen LogP contribution in [0, 0.1) is 0 Å². The fourth-order valence-electron chi connectivity index (χ4n) is 4.33. The number of alkyl halides is 6. The van der Waals surface area contributed by atoms with Crippen molar-refractivity contribution in [1.82, 2.24) is 19.7 Å². The minimum Gasteiger partial charge on any atom is -0.475 e. The van der Waals surface area contributed by atoms with Crippen molar-refractivity contribution in [3.63, 3.8) is 0 Å². The number of halogens is 6. The predicted molar refractivity (Wildman–Crippen MR) is 112 cm³/mol. The van der Waals surface area contributed by atoms with Crippen LogP contribution < -0.4 is 0 Å². The van der Waals surface area contributed by atoms with Gasteiger partial charge in [0.2, 0.25) is 0 Å². The molecular formula is C21H26F6N4O5. The first-order chi connectivity index (χ1) is 16.7. The summed E-state index contributed by atoms with van der Waals surface area (Å²) in [6.45, 7) is 4.88. The van der Waals surface area contributed by atoms with E-state index in [1.54, 1.807) is 0 Å². The Morgan fingerprint density at radius 2 is 1.42 bits per heavy atom. The molecule has 15 heteroatoms. The Bertz CT molecular complexity index is 869. The van der Waals surface area contributed by atoms with E-state index in [-0.39, 0.29) is 6.03 Å². The number of hydrogen-bond donors (Lipinski definition) is 2. The van der Waals surface area contributed by atoms with Crippen LogP contribution in [-0.4, -0.2) is 98.5 Å². The molecule has 1 aromatic rings. The van der Waals surface area contributed by atoms with E-state index in [1.165, 1.54) is 18.4 Å². The van der Waals surface area contributed by atoms with Crippen LogP contribution >= 0.6 is 0 Å². The molecule has 0 radical (unpaired) electrons. The van der Waals surface area contributed by atoms with E-state index in [2.05, 4.69) is 20.9 Å². The molecule has 3 aliphatic rings. The highest BCUT2D eigenvalue weighted by Gasteiger charge is 2.45. The molecule has 2 atom stereocenters. The average Bonchev–Trinajstić information content (AvgIpc) is 3.53. The highest BCUT2D eigenvalue weighted by molar-refractivity contribution is 5.75. The van der Waals surface area contributed by atoms with Crippen molar-refractivity contribution < 1.29 is 50.9 Å². The number of hydrogen-bond acceptors (Lipinski definition) is 5. The summed E-state index contributed by atoms with van der Waals surface area (Å²) in [7, 11) is 0. The first-order valence-corrected chi connectivity index (χ1v) is 11.0. The van der Waals surface area contributed by atoms with Crippen molar-refractivity contribution in [3.8, 4) is 0 Å². The number of pyridine rings is 1. The summed E-state index contributed by atoms with van der Waals surface area (Å²) in [4.78, 5) is 41.4. The monoisotopic (exact) mass is 528 g/mol. The Hall–Kier alpha value is -3.10. The van der Waals surface area contributed by atoms with Crippen molar-refractivity contribution in [2.45, 2.75) is 56.7 Å². The number of carboxylic acid groups (broad SMARTS) is 2. The number of fused-ring (bicyclic) bond motifs is 1. The molecular weight excluding hydrogens is 502 g/mol. The van der Waals surface area contributed by atoms with Crippen molar-refractivity contribution in [2.75, 3.05) is 26.2 Å². The number of carboxylic acids is 2. The van der Waals surface area contributed by atoms with Crippen LogP contribution in [-0.2, 0) is 16.1 Å². The first-order valence-electron chi connectivity index (χ1n) is 11.0. The van der Waals surface area contributed by atoms with Crippen LogP contribution in [0.5, 0.6) is 0 Å². The third-order valence-corrected chi connectivity index (χ3v) is 5.91. The SMILES string of the molecule is O=C(N1CCCC1)N1CC[C@H]2[C@H]1CCN2Cc1cccnc1.O=C(O)C(F)(F)F.O=C(O)C(F)(F)F. The number of urea groups is 1. The number of amides is 2. The maximum atomic E-state index is 12.7. The van der Waals surface area contributed by atoms with E-state index < -0.39 is 24.3 Å². The number of carbonyl (C=O) groups excluding carboxylic acids is 1. The van der Waals surface area contributed by atoms with E-state index in [9.17, 15) is 31.1 Å². The molecule has 2 N–H and O–H groups in total. The molecule has 1 aromatic heterocycles. The Kier molecular flexibility index (Phi) is 9.90. The van der Waals surface area contributed by atoms with Crippen LogP contribution in [0.4, 0.5) is 31.1 Å². The molecule has 2 amide bonds. The third-order valence-electron chi connectivity index (χ3n) is 5.91. The van der Waals surface area contributed by atoms with E-state index in [0.29, 0.717) is 12.1 Å². The summed E-state index contributed by atoms with van der Waals surface area (Å²) in [6, 6.07) is 5.38.